The minimum absolute atomic E-state index is 0.637. The van der Waals surface area contributed by atoms with Crippen LogP contribution in [0.15, 0.2) is 34.2 Å². The van der Waals surface area contributed by atoms with Gasteiger partial charge in [0.2, 0.25) is 0 Å². The first kappa shape index (κ1) is 9.46. The lowest BCUT2D eigenvalue weighted by atomic mass is 10.2. The van der Waals surface area contributed by atoms with Gasteiger partial charge in [0, 0.05) is 4.90 Å². The van der Waals surface area contributed by atoms with Crippen LogP contribution in [0.1, 0.15) is 5.56 Å². The zero-order valence-corrected chi connectivity index (χ0v) is 8.41. The third kappa shape index (κ3) is 2.78. The Hall–Kier alpha value is -0.630. The lowest BCUT2D eigenvalue weighted by molar-refractivity contribution is 1.08. The molecule has 1 aromatic carbocycles. The highest BCUT2D eigenvalue weighted by atomic mass is 32.2. The molecule has 0 amide bonds. The summed E-state index contributed by atoms with van der Waals surface area (Å²) in [4.78, 5) is 5.12. The first-order valence-corrected chi connectivity index (χ1v) is 5.16. The van der Waals surface area contributed by atoms with Gasteiger partial charge in [0.1, 0.15) is 0 Å². The van der Waals surface area contributed by atoms with Crippen molar-refractivity contribution in [1.82, 2.24) is 0 Å². The highest BCUT2D eigenvalue weighted by Gasteiger charge is 1.90. The number of isothiocyanates is 1. The highest BCUT2D eigenvalue weighted by molar-refractivity contribution is 7.98. The van der Waals surface area contributed by atoms with Crippen molar-refractivity contribution in [3.05, 3.63) is 29.8 Å². The van der Waals surface area contributed by atoms with Gasteiger partial charge in [-0.1, -0.05) is 12.1 Å². The van der Waals surface area contributed by atoms with Crippen molar-refractivity contribution >= 4 is 29.1 Å². The topological polar surface area (TPSA) is 12.4 Å². The minimum atomic E-state index is 0.637. The first-order chi connectivity index (χ1) is 5.86. The summed E-state index contributed by atoms with van der Waals surface area (Å²) in [7, 11) is 0. The lowest BCUT2D eigenvalue weighted by Gasteiger charge is -1.97. The van der Waals surface area contributed by atoms with Gasteiger partial charge < -0.3 is 0 Å². The van der Waals surface area contributed by atoms with Crippen molar-refractivity contribution in [2.24, 2.45) is 4.99 Å². The van der Waals surface area contributed by atoms with Crippen molar-refractivity contribution in [1.29, 1.82) is 0 Å². The third-order valence-electron chi connectivity index (χ3n) is 1.49. The fourth-order valence-electron chi connectivity index (χ4n) is 0.855. The number of aliphatic imine (C=N–C) groups is 1. The maximum Gasteiger partial charge on any atom is 0.0743 e. The molecule has 0 fully saturated rings. The molecule has 0 radical (unpaired) electrons. The highest BCUT2D eigenvalue weighted by Crippen LogP contribution is 2.14. The van der Waals surface area contributed by atoms with Crippen molar-refractivity contribution in [2.75, 3.05) is 6.26 Å². The molecule has 0 spiro atoms. The second-order valence-electron chi connectivity index (χ2n) is 2.26. The second-order valence-corrected chi connectivity index (χ2v) is 3.32. The monoisotopic (exact) mass is 195 g/mol. The average molecular weight is 195 g/mol. The Morgan fingerprint density at radius 3 is 2.58 bits per heavy atom. The predicted molar refractivity (Wildman–Crippen MR) is 57.0 cm³/mol. The molecule has 0 saturated carbocycles. The Labute approximate surface area is 81.9 Å². The SMILES string of the molecule is CSc1ccc(CN=C=S)cc1. The molecule has 0 aliphatic rings. The van der Waals surface area contributed by atoms with Crippen LogP contribution in [0.5, 0.6) is 0 Å². The maximum absolute atomic E-state index is 4.48. The summed E-state index contributed by atoms with van der Waals surface area (Å²) >= 11 is 6.21. The number of hydrogen-bond acceptors (Lipinski definition) is 3. The quantitative estimate of drug-likeness (QED) is 0.417. The standard InChI is InChI=1S/C9H9NS2/c1-12-9-4-2-8(3-5-9)6-10-7-11/h2-5H,6H2,1H3. The van der Waals surface area contributed by atoms with E-state index in [4.69, 9.17) is 0 Å². The molecule has 1 aromatic rings. The van der Waals surface area contributed by atoms with E-state index in [2.05, 4.69) is 52.9 Å². The zero-order chi connectivity index (χ0) is 8.81. The summed E-state index contributed by atoms with van der Waals surface area (Å²) in [6, 6.07) is 8.28. The third-order valence-corrected chi connectivity index (χ3v) is 2.36. The van der Waals surface area contributed by atoms with Crippen LogP contribution in [0.4, 0.5) is 0 Å². The predicted octanol–water partition coefficient (Wildman–Crippen LogP) is 3.01. The molecule has 12 heavy (non-hydrogen) atoms. The van der Waals surface area contributed by atoms with Gasteiger partial charge in [-0.25, -0.2) is 4.99 Å². The number of thiocarbonyl (C=S) groups is 1. The Kier molecular flexibility index (Phi) is 4.01. The molecule has 0 saturated heterocycles. The summed E-state index contributed by atoms with van der Waals surface area (Å²) in [6.45, 7) is 0.637. The molecule has 62 valence electrons. The van der Waals surface area contributed by atoms with Crippen LogP contribution in [0.2, 0.25) is 0 Å². The van der Waals surface area contributed by atoms with Gasteiger partial charge in [-0.05, 0) is 36.2 Å². The van der Waals surface area contributed by atoms with Crippen molar-refractivity contribution in [3.8, 4) is 0 Å². The van der Waals surface area contributed by atoms with Crippen LogP contribution in [0, 0.1) is 0 Å². The fraction of sp³-hybridized carbons (Fsp3) is 0.222. The van der Waals surface area contributed by atoms with Gasteiger partial charge in [0.15, 0.2) is 0 Å². The van der Waals surface area contributed by atoms with Crippen LogP contribution in [-0.2, 0) is 6.54 Å². The van der Waals surface area contributed by atoms with E-state index >= 15 is 0 Å². The van der Waals surface area contributed by atoms with E-state index in [1.54, 1.807) is 11.8 Å². The molecule has 0 aromatic heterocycles. The summed E-state index contributed by atoms with van der Waals surface area (Å²) in [5.41, 5.74) is 1.17. The van der Waals surface area contributed by atoms with Gasteiger partial charge in [0.25, 0.3) is 0 Å². The Bertz CT molecular complexity index is 286. The summed E-state index contributed by atoms with van der Waals surface area (Å²) in [6.07, 6.45) is 2.06. The maximum atomic E-state index is 4.48. The average Bonchev–Trinajstić information content (AvgIpc) is 2.15. The normalized spacial score (nSPS) is 9.08. The summed E-state index contributed by atoms with van der Waals surface area (Å²) in [5, 5.41) is 2.35. The molecule has 0 bridgehead atoms. The van der Waals surface area contributed by atoms with E-state index in [-0.39, 0.29) is 0 Å². The Morgan fingerprint density at radius 1 is 1.42 bits per heavy atom. The minimum Gasteiger partial charge on any atom is -0.228 e. The van der Waals surface area contributed by atoms with E-state index in [1.807, 2.05) is 0 Å². The first-order valence-electron chi connectivity index (χ1n) is 3.53. The van der Waals surface area contributed by atoms with E-state index in [9.17, 15) is 0 Å². The van der Waals surface area contributed by atoms with Gasteiger partial charge >= 0.3 is 0 Å². The summed E-state index contributed by atoms with van der Waals surface area (Å²) < 4.78 is 0. The van der Waals surface area contributed by atoms with Crippen LogP contribution in [-0.4, -0.2) is 11.4 Å². The van der Waals surface area contributed by atoms with E-state index in [0.717, 1.165) is 0 Å². The van der Waals surface area contributed by atoms with Crippen LogP contribution in [0.3, 0.4) is 0 Å². The van der Waals surface area contributed by atoms with Crippen molar-refractivity contribution in [2.45, 2.75) is 11.4 Å². The molecule has 0 heterocycles. The largest absolute Gasteiger partial charge is 0.228 e. The molecule has 0 atom stereocenters. The van der Waals surface area contributed by atoms with Crippen LogP contribution >= 0.6 is 24.0 Å². The molecule has 1 rings (SSSR count). The van der Waals surface area contributed by atoms with Gasteiger partial charge in [-0.3, -0.25) is 0 Å². The van der Waals surface area contributed by atoms with Gasteiger partial charge in [0.05, 0.1) is 11.7 Å². The second kappa shape index (κ2) is 5.09. The number of benzene rings is 1. The number of rotatable bonds is 3. The van der Waals surface area contributed by atoms with Gasteiger partial charge in [-0.2, -0.15) is 0 Å². The Balaban J connectivity index is 2.70. The zero-order valence-electron chi connectivity index (χ0n) is 6.78. The molecule has 0 unspecified atom stereocenters. The molecule has 1 nitrogen and oxygen atoms in total. The molecule has 0 aliphatic heterocycles. The number of thioether (sulfide) groups is 1. The van der Waals surface area contributed by atoms with E-state index in [0.29, 0.717) is 6.54 Å². The van der Waals surface area contributed by atoms with Crippen molar-refractivity contribution in [3.63, 3.8) is 0 Å². The lowest BCUT2D eigenvalue weighted by Crippen LogP contribution is -1.79. The summed E-state index contributed by atoms with van der Waals surface area (Å²) in [5.74, 6) is 0. The van der Waals surface area contributed by atoms with Crippen LogP contribution < -0.4 is 0 Å². The molecular formula is C9H9NS2. The van der Waals surface area contributed by atoms with E-state index in [1.165, 1.54) is 10.5 Å². The number of nitrogens with zero attached hydrogens (tertiary/aromatic N) is 1. The molecule has 0 aliphatic carbocycles. The number of hydrogen-bond donors (Lipinski definition) is 0. The fourth-order valence-corrected chi connectivity index (χ4v) is 1.33. The Morgan fingerprint density at radius 2 is 2.08 bits per heavy atom. The molecule has 0 N–H and O–H groups in total. The van der Waals surface area contributed by atoms with Crippen molar-refractivity contribution < 1.29 is 0 Å². The molecule has 3 heteroatoms. The van der Waals surface area contributed by atoms with E-state index < -0.39 is 0 Å². The smallest absolute Gasteiger partial charge is 0.0743 e. The van der Waals surface area contributed by atoms with Gasteiger partial charge in [-0.15, -0.1) is 11.8 Å². The molecular weight excluding hydrogens is 186 g/mol. The van der Waals surface area contributed by atoms with Crippen LogP contribution in [0.25, 0.3) is 0 Å².